The van der Waals surface area contributed by atoms with Gasteiger partial charge in [-0.1, -0.05) is 0 Å². The molecular weight excluding hydrogens is 150 g/mol. The van der Waals surface area contributed by atoms with Crippen LogP contribution in [0.1, 0.15) is 0 Å². The average molecular weight is 155 g/mol. The van der Waals surface area contributed by atoms with Crippen molar-refractivity contribution in [3.05, 3.63) is 0 Å². The van der Waals surface area contributed by atoms with Crippen LogP contribution in [0.25, 0.3) is 0 Å². The summed E-state index contributed by atoms with van der Waals surface area (Å²) in [6.07, 6.45) is 0. The van der Waals surface area contributed by atoms with Crippen molar-refractivity contribution >= 4 is 10.4 Å². The van der Waals surface area contributed by atoms with Crippen molar-refractivity contribution in [1.29, 1.82) is 0 Å². The zero-order valence-electron chi connectivity index (χ0n) is 3.18. The molecule has 5 nitrogen and oxygen atoms in total. The van der Waals surface area contributed by atoms with Crippen molar-refractivity contribution in [3.63, 3.8) is 0 Å². The first-order chi connectivity index (χ1) is 2.00. The SMILES string of the molecule is N.O=S(=O)(O)O.[Ar]. The fraction of sp³-hybridized carbons (Fsp3) is 0. The van der Waals surface area contributed by atoms with Crippen LogP contribution in [-0.4, -0.2) is 17.5 Å². The van der Waals surface area contributed by atoms with Crippen molar-refractivity contribution in [2.45, 2.75) is 0 Å². The van der Waals surface area contributed by atoms with Crippen molar-refractivity contribution in [2.75, 3.05) is 0 Å². The van der Waals surface area contributed by atoms with Crippen LogP contribution < -0.4 is 6.15 Å². The molecule has 0 amide bonds. The maximum Gasteiger partial charge on any atom is 0.394 e. The zero-order chi connectivity index (χ0) is 4.50. The van der Waals surface area contributed by atoms with Gasteiger partial charge in [0.25, 0.3) is 0 Å². The van der Waals surface area contributed by atoms with Crippen molar-refractivity contribution in [1.82, 2.24) is 6.15 Å². The van der Waals surface area contributed by atoms with Crippen LogP contribution in [0, 0.1) is 37.7 Å². The van der Waals surface area contributed by atoms with Gasteiger partial charge in [0.2, 0.25) is 0 Å². The Hall–Kier alpha value is 1.09. The molecule has 0 saturated heterocycles. The van der Waals surface area contributed by atoms with Crippen LogP contribution in [0.3, 0.4) is 0 Å². The molecule has 7 heteroatoms. The average Bonchev–Trinajstić information content (AvgIpc) is 0.722. The summed E-state index contributed by atoms with van der Waals surface area (Å²) < 4.78 is 31.6. The van der Waals surface area contributed by atoms with E-state index < -0.39 is 10.4 Å². The molecule has 48 valence electrons. The summed E-state index contributed by atoms with van der Waals surface area (Å²) in [6, 6.07) is 0. The molecule has 0 radical (unpaired) electrons. The molecule has 0 fully saturated rings. The van der Waals surface area contributed by atoms with Gasteiger partial charge in [-0.3, -0.25) is 9.11 Å². The minimum absolute atomic E-state index is 0. The quantitative estimate of drug-likeness (QED) is 0.409. The van der Waals surface area contributed by atoms with Crippen LogP contribution in [0.2, 0.25) is 0 Å². The Bertz CT molecular complexity index is 94.9. The monoisotopic (exact) mass is 155 g/mol. The van der Waals surface area contributed by atoms with Gasteiger partial charge in [0.05, 0.1) is 0 Å². The Labute approximate surface area is 71.3 Å². The molecule has 0 spiro atoms. The van der Waals surface area contributed by atoms with E-state index in [9.17, 15) is 0 Å². The van der Waals surface area contributed by atoms with E-state index in [4.69, 9.17) is 17.5 Å². The Balaban J connectivity index is -0.0000000800. The first kappa shape index (κ1) is 15.7. The molecule has 0 bridgehead atoms. The zero-order valence-corrected chi connectivity index (χ0v) is 4.70. The fourth-order valence-electron chi connectivity index (χ4n) is 0. The molecule has 0 saturated carbocycles. The summed E-state index contributed by atoms with van der Waals surface area (Å²) in [7, 11) is -4.67. The molecule has 0 aliphatic heterocycles. The Kier molecular flexibility index (Phi) is 11.7. The van der Waals surface area contributed by atoms with Crippen LogP contribution in [-0.2, 0) is 10.4 Å². The molecule has 5 N–H and O–H groups in total. The molecular formula is H5ArNO4S. The summed E-state index contributed by atoms with van der Waals surface area (Å²) in [6.45, 7) is 0. The molecule has 0 atom stereocenters. The van der Waals surface area contributed by atoms with Crippen LogP contribution in [0.4, 0.5) is 0 Å². The van der Waals surface area contributed by atoms with E-state index in [-0.39, 0.29) is 43.9 Å². The second kappa shape index (κ2) is 5.23. The second-order valence-corrected chi connectivity index (χ2v) is 1.34. The molecule has 0 aromatic heterocycles. The number of hydrogen-bond acceptors (Lipinski definition) is 3. The van der Waals surface area contributed by atoms with Gasteiger partial charge in [-0.05, 0) is 0 Å². The standard InChI is InChI=1S/Ar.H3N.H2O4S/c;;1-5(2,3)4/h;1H3;(H2,1,2,3,4). The van der Waals surface area contributed by atoms with E-state index >= 15 is 0 Å². The van der Waals surface area contributed by atoms with Gasteiger partial charge in [-0.2, -0.15) is 8.42 Å². The molecule has 0 aromatic carbocycles. The maximum atomic E-state index is 8.74. The van der Waals surface area contributed by atoms with Crippen LogP contribution in [0.5, 0.6) is 0 Å². The van der Waals surface area contributed by atoms with Gasteiger partial charge in [-0.15, -0.1) is 0 Å². The van der Waals surface area contributed by atoms with E-state index in [2.05, 4.69) is 0 Å². The van der Waals surface area contributed by atoms with Gasteiger partial charge in [-0.25, -0.2) is 0 Å². The van der Waals surface area contributed by atoms with Gasteiger partial charge < -0.3 is 6.15 Å². The van der Waals surface area contributed by atoms with Gasteiger partial charge in [0.15, 0.2) is 0 Å². The predicted octanol–water partition coefficient (Wildman–Crippen LogP) is -0.491. The summed E-state index contributed by atoms with van der Waals surface area (Å²) in [5, 5.41) is 0. The maximum absolute atomic E-state index is 8.74. The van der Waals surface area contributed by atoms with E-state index in [0.29, 0.717) is 0 Å². The third kappa shape index (κ3) is 155. The van der Waals surface area contributed by atoms with Crippen molar-refractivity contribution in [2.24, 2.45) is 0 Å². The summed E-state index contributed by atoms with van der Waals surface area (Å²) in [5.41, 5.74) is 0. The summed E-state index contributed by atoms with van der Waals surface area (Å²) in [5.74, 6) is 0. The van der Waals surface area contributed by atoms with Crippen molar-refractivity contribution in [3.8, 4) is 0 Å². The van der Waals surface area contributed by atoms with Gasteiger partial charge in [0.1, 0.15) is 0 Å². The van der Waals surface area contributed by atoms with E-state index in [1.54, 1.807) is 0 Å². The van der Waals surface area contributed by atoms with Crippen molar-refractivity contribution < 1.29 is 55.3 Å². The number of hydrogen-bond donors (Lipinski definition) is 3. The first-order valence-corrected chi connectivity index (χ1v) is 2.10. The largest absolute Gasteiger partial charge is 0.394 e. The number of rotatable bonds is 0. The normalized spacial score (nSPS) is 8.29. The molecule has 0 aliphatic carbocycles. The van der Waals surface area contributed by atoms with E-state index in [1.165, 1.54) is 0 Å². The van der Waals surface area contributed by atoms with E-state index in [1.807, 2.05) is 0 Å². The van der Waals surface area contributed by atoms with E-state index in [0.717, 1.165) is 0 Å². The molecule has 0 heterocycles. The Morgan fingerprint density at radius 3 is 1.14 bits per heavy atom. The second-order valence-electron chi connectivity index (χ2n) is 0.448. The van der Waals surface area contributed by atoms with Gasteiger partial charge >= 0.3 is 10.4 Å². The minimum atomic E-state index is -4.67. The molecule has 7 heavy (non-hydrogen) atoms. The first-order valence-electron chi connectivity index (χ1n) is 0.698. The fourth-order valence-corrected chi connectivity index (χ4v) is 0. The van der Waals surface area contributed by atoms with Crippen LogP contribution >= 0.6 is 0 Å². The Morgan fingerprint density at radius 1 is 1.14 bits per heavy atom. The van der Waals surface area contributed by atoms with Crippen LogP contribution in [0.15, 0.2) is 0 Å². The third-order valence-corrected chi connectivity index (χ3v) is 0. The molecule has 0 unspecified atom stereocenters. The molecule has 0 aliphatic rings. The third-order valence-electron chi connectivity index (χ3n) is 0. The smallest absolute Gasteiger partial charge is 0.344 e. The van der Waals surface area contributed by atoms with Gasteiger partial charge in [0, 0.05) is 37.7 Å². The summed E-state index contributed by atoms with van der Waals surface area (Å²) >= 11 is 0. The summed E-state index contributed by atoms with van der Waals surface area (Å²) in [4.78, 5) is 0. The predicted molar refractivity (Wildman–Crippen MR) is 19.2 cm³/mol. The molecule has 0 rings (SSSR count). The topological polar surface area (TPSA) is 110 Å². The Morgan fingerprint density at radius 2 is 1.14 bits per heavy atom. The molecule has 0 aromatic rings. The minimum Gasteiger partial charge on any atom is -0.344 e.